The summed E-state index contributed by atoms with van der Waals surface area (Å²) in [5.41, 5.74) is 6.30. The Balaban J connectivity index is 0. The molecule has 0 spiro atoms. The maximum atomic E-state index is 6.30. The highest BCUT2D eigenvalue weighted by Crippen LogP contribution is 2.15. The standard InChI is InChI=1S/C26H55N.ClH/c1-3-5-7-9-11-13-15-17-19-21-23-25-26(27)24-22-20-18-16-14-12-10-8-6-4-2;/h26H,3-25,27H2,1-2H3;1H. The summed E-state index contributed by atoms with van der Waals surface area (Å²) < 4.78 is 0. The predicted octanol–water partition coefficient (Wildman–Crippen LogP) is 9.75. The van der Waals surface area contributed by atoms with Gasteiger partial charge in [0.15, 0.2) is 0 Å². The van der Waals surface area contributed by atoms with Crippen molar-refractivity contribution >= 4 is 12.4 Å². The van der Waals surface area contributed by atoms with Crippen LogP contribution >= 0.6 is 12.4 Å². The summed E-state index contributed by atoms with van der Waals surface area (Å²) in [6.45, 7) is 4.59. The molecule has 0 amide bonds. The van der Waals surface area contributed by atoms with Crippen LogP contribution in [0.25, 0.3) is 0 Å². The van der Waals surface area contributed by atoms with Crippen molar-refractivity contribution in [2.45, 2.75) is 168 Å². The van der Waals surface area contributed by atoms with Crippen molar-refractivity contribution in [3.8, 4) is 0 Å². The molecule has 2 N–H and O–H groups in total. The van der Waals surface area contributed by atoms with Crippen LogP contribution in [0.5, 0.6) is 0 Å². The molecule has 28 heavy (non-hydrogen) atoms. The van der Waals surface area contributed by atoms with E-state index in [9.17, 15) is 0 Å². The molecule has 0 rings (SSSR count). The molecule has 0 radical (unpaired) electrons. The average molecular weight is 418 g/mol. The average Bonchev–Trinajstić information content (AvgIpc) is 2.67. The van der Waals surface area contributed by atoms with E-state index in [1.54, 1.807) is 0 Å². The van der Waals surface area contributed by atoms with Gasteiger partial charge in [-0.1, -0.05) is 149 Å². The highest BCUT2D eigenvalue weighted by molar-refractivity contribution is 5.85. The summed E-state index contributed by atoms with van der Waals surface area (Å²) in [4.78, 5) is 0. The van der Waals surface area contributed by atoms with E-state index in [0.717, 1.165) is 0 Å². The van der Waals surface area contributed by atoms with Gasteiger partial charge in [-0.25, -0.2) is 0 Å². The third-order valence-electron chi connectivity index (χ3n) is 6.11. The Bertz CT molecular complexity index is 257. The van der Waals surface area contributed by atoms with Gasteiger partial charge in [0.2, 0.25) is 0 Å². The van der Waals surface area contributed by atoms with Crippen molar-refractivity contribution < 1.29 is 0 Å². The first kappa shape index (κ1) is 30.4. The fourth-order valence-corrected chi connectivity index (χ4v) is 4.11. The molecule has 0 aliphatic heterocycles. The molecule has 2 heteroatoms. The first-order chi connectivity index (χ1) is 13.3. The van der Waals surface area contributed by atoms with Crippen molar-refractivity contribution in [2.75, 3.05) is 0 Å². The van der Waals surface area contributed by atoms with E-state index in [1.165, 1.54) is 148 Å². The largest absolute Gasteiger partial charge is 0.328 e. The van der Waals surface area contributed by atoms with Gasteiger partial charge >= 0.3 is 0 Å². The Labute approximate surface area is 185 Å². The number of unbranched alkanes of at least 4 members (excludes halogenated alkanes) is 19. The lowest BCUT2D eigenvalue weighted by Crippen LogP contribution is -2.19. The number of halogens is 1. The van der Waals surface area contributed by atoms with E-state index < -0.39 is 0 Å². The molecule has 1 nitrogen and oxygen atoms in total. The highest BCUT2D eigenvalue weighted by atomic mass is 35.5. The molecule has 0 saturated heterocycles. The quantitative estimate of drug-likeness (QED) is 0.164. The van der Waals surface area contributed by atoms with Crippen LogP contribution in [0.4, 0.5) is 0 Å². The molecular weight excluding hydrogens is 362 g/mol. The number of nitrogens with two attached hydrogens (primary N) is 1. The fourth-order valence-electron chi connectivity index (χ4n) is 4.11. The molecule has 0 aromatic carbocycles. The smallest absolute Gasteiger partial charge is 0.00388 e. The third kappa shape index (κ3) is 26.2. The Morgan fingerprint density at radius 2 is 0.607 bits per heavy atom. The van der Waals surface area contributed by atoms with Crippen LogP contribution in [0.15, 0.2) is 0 Å². The van der Waals surface area contributed by atoms with Crippen LogP contribution in [-0.2, 0) is 0 Å². The van der Waals surface area contributed by atoms with Gasteiger partial charge in [0.05, 0.1) is 0 Å². The van der Waals surface area contributed by atoms with Crippen LogP contribution < -0.4 is 5.73 Å². The van der Waals surface area contributed by atoms with Crippen molar-refractivity contribution in [3.63, 3.8) is 0 Å². The third-order valence-corrected chi connectivity index (χ3v) is 6.11. The lowest BCUT2D eigenvalue weighted by Gasteiger charge is -2.11. The van der Waals surface area contributed by atoms with Crippen LogP contribution in [0.2, 0.25) is 0 Å². The van der Waals surface area contributed by atoms with E-state index in [1.807, 2.05) is 0 Å². The SMILES string of the molecule is CCCCCCCCCCCCCC(N)CCCCCCCCCCCC.Cl. The maximum Gasteiger partial charge on any atom is 0.00388 e. The van der Waals surface area contributed by atoms with Crippen molar-refractivity contribution in [1.82, 2.24) is 0 Å². The van der Waals surface area contributed by atoms with E-state index in [0.29, 0.717) is 6.04 Å². The van der Waals surface area contributed by atoms with Gasteiger partial charge in [0, 0.05) is 6.04 Å². The first-order valence-electron chi connectivity index (χ1n) is 13.1. The molecule has 0 fully saturated rings. The molecule has 0 saturated carbocycles. The van der Waals surface area contributed by atoms with Crippen LogP contribution in [0.3, 0.4) is 0 Å². The molecule has 0 aromatic heterocycles. The van der Waals surface area contributed by atoms with Crippen LogP contribution in [0.1, 0.15) is 162 Å². The van der Waals surface area contributed by atoms with Gasteiger partial charge < -0.3 is 5.73 Å². The second-order valence-corrected chi connectivity index (χ2v) is 9.05. The molecule has 1 atom stereocenters. The molecule has 0 bridgehead atoms. The van der Waals surface area contributed by atoms with Crippen molar-refractivity contribution in [2.24, 2.45) is 5.73 Å². The number of hydrogen-bond donors (Lipinski definition) is 1. The second-order valence-electron chi connectivity index (χ2n) is 9.05. The van der Waals surface area contributed by atoms with Crippen LogP contribution in [-0.4, -0.2) is 6.04 Å². The molecule has 0 aliphatic carbocycles. The Kier molecular flexibility index (Phi) is 29.6. The van der Waals surface area contributed by atoms with Gasteiger partial charge in [-0.3, -0.25) is 0 Å². The van der Waals surface area contributed by atoms with E-state index in [-0.39, 0.29) is 12.4 Å². The van der Waals surface area contributed by atoms with Gasteiger partial charge in [0.1, 0.15) is 0 Å². The zero-order valence-electron chi connectivity index (χ0n) is 19.8. The minimum absolute atomic E-state index is 0. The number of rotatable bonds is 23. The normalized spacial score (nSPS) is 12.1. The minimum atomic E-state index is 0. The topological polar surface area (TPSA) is 26.0 Å². The summed E-state index contributed by atoms with van der Waals surface area (Å²) in [7, 11) is 0. The molecule has 1 unspecified atom stereocenters. The zero-order chi connectivity index (χ0) is 19.8. The maximum absolute atomic E-state index is 6.30. The fraction of sp³-hybridized carbons (Fsp3) is 1.00. The highest BCUT2D eigenvalue weighted by Gasteiger charge is 2.02. The summed E-state index contributed by atoms with van der Waals surface area (Å²) in [5, 5.41) is 0. The monoisotopic (exact) mass is 417 g/mol. The zero-order valence-corrected chi connectivity index (χ0v) is 20.6. The van der Waals surface area contributed by atoms with Crippen molar-refractivity contribution in [3.05, 3.63) is 0 Å². The van der Waals surface area contributed by atoms with E-state index >= 15 is 0 Å². The van der Waals surface area contributed by atoms with Gasteiger partial charge in [0.25, 0.3) is 0 Å². The summed E-state index contributed by atoms with van der Waals surface area (Å²) in [6.07, 6.45) is 32.5. The molecule has 172 valence electrons. The predicted molar refractivity (Wildman–Crippen MR) is 133 cm³/mol. The number of hydrogen-bond acceptors (Lipinski definition) is 1. The second kappa shape index (κ2) is 27.2. The summed E-state index contributed by atoms with van der Waals surface area (Å²) in [5.74, 6) is 0. The Hall–Kier alpha value is 0.250. The Morgan fingerprint density at radius 1 is 0.393 bits per heavy atom. The first-order valence-corrected chi connectivity index (χ1v) is 13.1. The van der Waals surface area contributed by atoms with Gasteiger partial charge in [-0.05, 0) is 12.8 Å². The molecule has 0 heterocycles. The minimum Gasteiger partial charge on any atom is -0.328 e. The molecule has 0 aliphatic rings. The Morgan fingerprint density at radius 3 is 0.857 bits per heavy atom. The summed E-state index contributed by atoms with van der Waals surface area (Å²) >= 11 is 0. The lowest BCUT2D eigenvalue weighted by molar-refractivity contribution is 0.478. The van der Waals surface area contributed by atoms with E-state index in [2.05, 4.69) is 13.8 Å². The van der Waals surface area contributed by atoms with E-state index in [4.69, 9.17) is 5.73 Å². The lowest BCUT2D eigenvalue weighted by atomic mass is 10.00. The van der Waals surface area contributed by atoms with Gasteiger partial charge in [-0.2, -0.15) is 0 Å². The molecular formula is C26H56ClN. The van der Waals surface area contributed by atoms with Crippen molar-refractivity contribution in [1.29, 1.82) is 0 Å². The summed E-state index contributed by atoms with van der Waals surface area (Å²) in [6, 6.07) is 0.470. The van der Waals surface area contributed by atoms with Crippen LogP contribution in [0, 0.1) is 0 Å². The van der Waals surface area contributed by atoms with Gasteiger partial charge in [-0.15, -0.1) is 12.4 Å². The molecule has 0 aromatic rings.